The van der Waals surface area contributed by atoms with Crippen LogP contribution in [0.5, 0.6) is 0 Å². The van der Waals surface area contributed by atoms with Crippen molar-refractivity contribution in [1.29, 1.82) is 0 Å². The molecule has 30 heavy (non-hydrogen) atoms. The van der Waals surface area contributed by atoms with Gasteiger partial charge in [0.1, 0.15) is 6.26 Å². The van der Waals surface area contributed by atoms with E-state index in [1.807, 2.05) is 36.4 Å². The maximum absolute atomic E-state index is 12.5. The van der Waals surface area contributed by atoms with Gasteiger partial charge in [-0.3, -0.25) is 4.99 Å². The number of guanidine groups is 1. The first-order chi connectivity index (χ1) is 14.4. The highest BCUT2D eigenvalue weighted by Crippen LogP contribution is 2.19. The summed E-state index contributed by atoms with van der Waals surface area (Å²) in [6, 6.07) is 16.6. The van der Waals surface area contributed by atoms with Crippen LogP contribution < -0.4 is 10.6 Å². The second kappa shape index (κ2) is 9.55. The van der Waals surface area contributed by atoms with Gasteiger partial charge in [0, 0.05) is 33.3 Å². The predicted octanol–water partition coefficient (Wildman–Crippen LogP) is 2.46. The van der Waals surface area contributed by atoms with Gasteiger partial charge in [0.2, 0.25) is 15.9 Å². The van der Waals surface area contributed by atoms with Crippen LogP contribution in [0.2, 0.25) is 0 Å². The zero-order valence-corrected chi connectivity index (χ0v) is 18.0. The Balaban J connectivity index is 1.62. The summed E-state index contributed by atoms with van der Waals surface area (Å²) >= 11 is 0. The molecule has 2 aromatic carbocycles. The van der Waals surface area contributed by atoms with Gasteiger partial charge >= 0.3 is 0 Å². The van der Waals surface area contributed by atoms with Crippen molar-refractivity contribution in [1.82, 2.24) is 19.9 Å². The van der Waals surface area contributed by atoms with Crippen LogP contribution in [-0.4, -0.2) is 44.8 Å². The Hall–Kier alpha value is -3.17. The van der Waals surface area contributed by atoms with Gasteiger partial charge < -0.3 is 15.1 Å². The van der Waals surface area contributed by atoms with Crippen LogP contribution in [0.3, 0.4) is 0 Å². The maximum Gasteiger partial charge on any atom is 0.242 e. The van der Waals surface area contributed by atoms with E-state index in [4.69, 9.17) is 4.42 Å². The SMILES string of the molecule is CN=C(NCc1coc(-c2ccccc2)n1)NCc1ccccc1S(=O)(=O)N(C)C. The second-order valence-electron chi connectivity index (χ2n) is 6.68. The summed E-state index contributed by atoms with van der Waals surface area (Å²) in [5.41, 5.74) is 2.29. The largest absolute Gasteiger partial charge is 0.444 e. The molecule has 3 aromatic rings. The molecule has 8 nitrogen and oxygen atoms in total. The number of aromatic nitrogens is 1. The molecule has 0 saturated carbocycles. The average Bonchev–Trinajstić information content (AvgIpc) is 3.23. The van der Waals surface area contributed by atoms with Crippen molar-refractivity contribution in [2.24, 2.45) is 4.99 Å². The Morgan fingerprint density at radius 1 is 1.03 bits per heavy atom. The molecule has 1 aromatic heterocycles. The first kappa shape index (κ1) is 21.5. The lowest BCUT2D eigenvalue weighted by Crippen LogP contribution is -2.37. The first-order valence-corrected chi connectivity index (χ1v) is 10.8. The van der Waals surface area contributed by atoms with Crippen LogP contribution in [0.1, 0.15) is 11.3 Å². The maximum atomic E-state index is 12.5. The summed E-state index contributed by atoms with van der Waals surface area (Å²) in [5, 5.41) is 6.30. The van der Waals surface area contributed by atoms with E-state index in [-0.39, 0.29) is 4.90 Å². The number of aliphatic imine (C=N–C) groups is 1. The molecule has 0 unspecified atom stereocenters. The van der Waals surface area contributed by atoms with Gasteiger partial charge in [0.15, 0.2) is 5.96 Å². The molecule has 3 rings (SSSR count). The van der Waals surface area contributed by atoms with E-state index in [9.17, 15) is 8.42 Å². The second-order valence-corrected chi connectivity index (χ2v) is 8.80. The third kappa shape index (κ3) is 5.05. The molecule has 0 saturated heterocycles. The van der Waals surface area contributed by atoms with Crippen molar-refractivity contribution in [3.63, 3.8) is 0 Å². The minimum absolute atomic E-state index is 0.266. The molecule has 9 heteroatoms. The molecule has 0 amide bonds. The third-order valence-electron chi connectivity index (χ3n) is 4.41. The Labute approximate surface area is 176 Å². The molecule has 2 N–H and O–H groups in total. The third-order valence-corrected chi connectivity index (χ3v) is 6.33. The molecule has 0 fully saturated rings. The van der Waals surface area contributed by atoms with E-state index in [0.29, 0.717) is 30.5 Å². The standard InChI is InChI=1S/C21H25N5O3S/c1-22-21(23-13-17-11-7-8-12-19(17)30(27,28)26(2)3)24-14-18-15-29-20(25-18)16-9-5-4-6-10-16/h4-12,15H,13-14H2,1-3H3,(H2,22,23,24). The van der Waals surface area contributed by atoms with Gasteiger partial charge in [-0.25, -0.2) is 17.7 Å². The number of oxazole rings is 1. The van der Waals surface area contributed by atoms with Crippen molar-refractivity contribution < 1.29 is 12.8 Å². The van der Waals surface area contributed by atoms with Crippen molar-refractivity contribution in [2.75, 3.05) is 21.1 Å². The van der Waals surface area contributed by atoms with Crippen molar-refractivity contribution in [3.8, 4) is 11.5 Å². The highest BCUT2D eigenvalue weighted by Gasteiger charge is 2.20. The molecule has 0 aliphatic heterocycles. The molecule has 0 radical (unpaired) electrons. The van der Waals surface area contributed by atoms with Crippen LogP contribution in [0.4, 0.5) is 0 Å². The van der Waals surface area contributed by atoms with E-state index in [1.54, 1.807) is 31.5 Å². The molecular weight excluding hydrogens is 402 g/mol. The van der Waals surface area contributed by atoms with Gasteiger partial charge in [-0.2, -0.15) is 0 Å². The molecular formula is C21H25N5O3S. The summed E-state index contributed by atoms with van der Waals surface area (Å²) in [6.45, 7) is 0.713. The number of nitrogens with one attached hydrogen (secondary N) is 2. The van der Waals surface area contributed by atoms with Gasteiger partial charge in [0.25, 0.3) is 0 Å². The lowest BCUT2D eigenvalue weighted by molar-refractivity contribution is 0.519. The normalized spacial score (nSPS) is 12.2. The fourth-order valence-corrected chi connectivity index (χ4v) is 3.89. The molecule has 0 spiro atoms. The zero-order valence-electron chi connectivity index (χ0n) is 17.2. The topological polar surface area (TPSA) is 99.8 Å². The number of benzene rings is 2. The van der Waals surface area contributed by atoms with Crippen LogP contribution >= 0.6 is 0 Å². The zero-order chi connectivity index (χ0) is 21.6. The number of nitrogens with zero attached hydrogens (tertiary/aromatic N) is 3. The monoisotopic (exact) mass is 427 g/mol. The molecule has 0 aliphatic rings. The summed E-state index contributed by atoms with van der Waals surface area (Å²) in [6.07, 6.45) is 1.60. The van der Waals surface area contributed by atoms with E-state index in [1.165, 1.54) is 18.4 Å². The highest BCUT2D eigenvalue weighted by atomic mass is 32.2. The molecule has 0 atom stereocenters. The fourth-order valence-electron chi connectivity index (χ4n) is 2.77. The van der Waals surface area contributed by atoms with E-state index >= 15 is 0 Å². The number of rotatable bonds is 7. The Bertz CT molecular complexity index is 1110. The van der Waals surface area contributed by atoms with Gasteiger partial charge in [-0.1, -0.05) is 36.4 Å². The Morgan fingerprint density at radius 2 is 1.70 bits per heavy atom. The summed E-state index contributed by atoms with van der Waals surface area (Å²) < 4.78 is 31.8. The lowest BCUT2D eigenvalue weighted by Gasteiger charge is -2.16. The highest BCUT2D eigenvalue weighted by molar-refractivity contribution is 7.89. The van der Waals surface area contributed by atoms with Crippen molar-refractivity contribution >= 4 is 16.0 Å². The molecule has 0 aliphatic carbocycles. The lowest BCUT2D eigenvalue weighted by atomic mass is 10.2. The van der Waals surface area contributed by atoms with Crippen molar-refractivity contribution in [2.45, 2.75) is 18.0 Å². The Kier molecular flexibility index (Phi) is 6.86. The van der Waals surface area contributed by atoms with E-state index in [0.717, 1.165) is 11.3 Å². The fraction of sp³-hybridized carbons (Fsp3) is 0.238. The van der Waals surface area contributed by atoms with Crippen LogP contribution in [0, 0.1) is 0 Å². The first-order valence-electron chi connectivity index (χ1n) is 9.36. The molecule has 158 valence electrons. The number of hydrogen-bond acceptors (Lipinski definition) is 5. The van der Waals surface area contributed by atoms with E-state index in [2.05, 4.69) is 20.6 Å². The van der Waals surface area contributed by atoms with E-state index < -0.39 is 10.0 Å². The quantitative estimate of drug-likeness (QED) is 0.444. The number of hydrogen-bond donors (Lipinski definition) is 2. The summed E-state index contributed by atoms with van der Waals surface area (Å²) in [4.78, 5) is 8.93. The average molecular weight is 428 g/mol. The predicted molar refractivity (Wildman–Crippen MR) is 116 cm³/mol. The van der Waals surface area contributed by atoms with Crippen LogP contribution in [-0.2, 0) is 23.1 Å². The minimum atomic E-state index is -3.53. The van der Waals surface area contributed by atoms with Gasteiger partial charge in [0.05, 0.1) is 17.1 Å². The van der Waals surface area contributed by atoms with Crippen LogP contribution in [0.25, 0.3) is 11.5 Å². The smallest absolute Gasteiger partial charge is 0.242 e. The van der Waals surface area contributed by atoms with Gasteiger partial charge in [-0.15, -0.1) is 0 Å². The van der Waals surface area contributed by atoms with Crippen molar-refractivity contribution in [3.05, 3.63) is 72.1 Å². The minimum Gasteiger partial charge on any atom is -0.444 e. The Morgan fingerprint density at radius 3 is 2.40 bits per heavy atom. The molecule has 1 heterocycles. The summed E-state index contributed by atoms with van der Waals surface area (Å²) in [5.74, 6) is 1.08. The summed E-state index contributed by atoms with van der Waals surface area (Å²) in [7, 11) is 1.15. The van der Waals surface area contributed by atoms with Crippen LogP contribution in [0.15, 0.2) is 75.2 Å². The van der Waals surface area contributed by atoms with Gasteiger partial charge in [-0.05, 0) is 23.8 Å². The molecule has 0 bridgehead atoms. The number of sulfonamides is 1.